The molecule has 0 atom stereocenters. The van der Waals surface area contributed by atoms with E-state index in [1.165, 1.54) is 16.6 Å². The van der Waals surface area contributed by atoms with Gasteiger partial charge in [-0.25, -0.2) is 8.42 Å². The summed E-state index contributed by atoms with van der Waals surface area (Å²) in [6.07, 6.45) is 2.18. The first-order chi connectivity index (χ1) is 17.0. The summed E-state index contributed by atoms with van der Waals surface area (Å²) < 4.78 is 32.8. The Kier molecular flexibility index (Phi) is 7.01. The normalized spacial score (nSPS) is 17.8. The lowest BCUT2D eigenvalue weighted by Gasteiger charge is -2.34. The van der Waals surface area contributed by atoms with Crippen LogP contribution in [0, 0.1) is 13.8 Å². The number of amidine groups is 1. The van der Waals surface area contributed by atoms with Gasteiger partial charge in [0.2, 0.25) is 15.9 Å². The number of anilines is 1. The third-order valence-corrected chi connectivity index (χ3v) is 8.12. The Bertz CT molecular complexity index is 1350. The Balaban J connectivity index is 1.48. The highest BCUT2D eigenvalue weighted by atomic mass is 32.2. The van der Waals surface area contributed by atoms with E-state index in [2.05, 4.69) is 10.6 Å². The molecule has 9 nitrogen and oxygen atoms in total. The number of hydrogen-bond acceptors (Lipinski definition) is 6. The molecule has 190 valence electrons. The quantitative estimate of drug-likeness (QED) is 0.620. The molecule has 2 aromatic carbocycles. The van der Waals surface area contributed by atoms with Gasteiger partial charge in [0.25, 0.3) is 5.91 Å². The molecule has 0 aromatic heterocycles. The van der Waals surface area contributed by atoms with Gasteiger partial charge in [0.15, 0.2) is 0 Å². The lowest BCUT2D eigenvalue weighted by molar-refractivity contribution is -0.125. The van der Waals surface area contributed by atoms with Gasteiger partial charge in [-0.2, -0.15) is 4.31 Å². The van der Waals surface area contributed by atoms with Crippen molar-refractivity contribution >= 4 is 39.4 Å². The highest BCUT2D eigenvalue weighted by Crippen LogP contribution is 2.33. The largest absolute Gasteiger partial charge is 0.497 e. The topological polar surface area (TPSA) is 117 Å². The van der Waals surface area contributed by atoms with Crippen molar-refractivity contribution in [2.75, 3.05) is 25.5 Å². The standard InChI is InChI=1S/C26H30N4O5S/c1-17-14-21(27-19(3)31)15-18(2)23(17)8-13-36(33,34)30-11-9-26(10-12-30)25(32)28-24(29-26)20-6-5-7-22(16-20)35-4/h5-8,13-16H,9-12H2,1-4H3,(H,27,31)(H,28,29,32)/b13-8+. The molecule has 36 heavy (non-hydrogen) atoms. The number of rotatable bonds is 6. The van der Waals surface area contributed by atoms with E-state index in [1.807, 2.05) is 44.2 Å². The molecule has 2 amide bonds. The molecule has 0 aliphatic carbocycles. The van der Waals surface area contributed by atoms with E-state index < -0.39 is 15.6 Å². The molecule has 0 saturated carbocycles. The molecule has 1 spiro atoms. The second kappa shape index (κ2) is 9.87. The predicted octanol–water partition coefficient (Wildman–Crippen LogP) is 2.98. The number of carbonyl (C=O) groups excluding carboxylic acids is 2. The van der Waals surface area contributed by atoms with Gasteiger partial charge in [-0.3, -0.25) is 14.6 Å². The van der Waals surface area contributed by atoms with Crippen LogP contribution >= 0.6 is 0 Å². The maximum absolute atomic E-state index is 13.1. The second-order valence-electron chi connectivity index (χ2n) is 9.13. The molecule has 2 aliphatic heterocycles. The van der Waals surface area contributed by atoms with Crippen molar-refractivity contribution in [3.8, 4) is 5.75 Å². The first-order valence-electron chi connectivity index (χ1n) is 11.7. The summed E-state index contributed by atoms with van der Waals surface area (Å²) in [5.74, 6) is 0.758. The van der Waals surface area contributed by atoms with Crippen LogP contribution in [0.15, 0.2) is 46.8 Å². The molecule has 2 aliphatic rings. The molecule has 0 unspecified atom stereocenters. The van der Waals surface area contributed by atoms with Gasteiger partial charge in [0.05, 0.1) is 7.11 Å². The maximum atomic E-state index is 13.1. The van der Waals surface area contributed by atoms with Gasteiger partial charge < -0.3 is 15.4 Å². The lowest BCUT2D eigenvalue weighted by atomic mass is 9.89. The molecule has 2 aromatic rings. The number of aryl methyl sites for hydroxylation is 2. The van der Waals surface area contributed by atoms with Crippen LogP contribution in [0.5, 0.6) is 5.75 Å². The molecule has 0 bridgehead atoms. The minimum Gasteiger partial charge on any atom is -0.497 e. The maximum Gasteiger partial charge on any atom is 0.253 e. The molecule has 2 heterocycles. The third kappa shape index (κ3) is 5.19. The summed E-state index contributed by atoms with van der Waals surface area (Å²) in [5, 5.41) is 6.81. The number of methoxy groups -OCH3 is 1. The molecule has 4 rings (SSSR count). The van der Waals surface area contributed by atoms with Crippen molar-refractivity contribution in [3.05, 3.63) is 64.1 Å². The fourth-order valence-electron chi connectivity index (χ4n) is 4.63. The van der Waals surface area contributed by atoms with Crippen LogP contribution in [-0.2, 0) is 19.6 Å². The second-order valence-corrected chi connectivity index (χ2v) is 10.9. The zero-order valence-electron chi connectivity index (χ0n) is 20.8. The van der Waals surface area contributed by atoms with Gasteiger partial charge in [-0.15, -0.1) is 0 Å². The zero-order valence-corrected chi connectivity index (χ0v) is 21.6. The Morgan fingerprint density at radius 1 is 1.17 bits per heavy atom. The summed E-state index contributed by atoms with van der Waals surface area (Å²) in [6, 6.07) is 10.9. The number of aliphatic imine (C=N–C) groups is 1. The van der Waals surface area contributed by atoms with E-state index in [-0.39, 0.29) is 24.9 Å². The number of nitrogens with zero attached hydrogens (tertiary/aromatic N) is 2. The lowest BCUT2D eigenvalue weighted by Crippen LogP contribution is -2.50. The smallest absolute Gasteiger partial charge is 0.253 e. The Labute approximate surface area is 211 Å². The van der Waals surface area contributed by atoms with Crippen LogP contribution < -0.4 is 15.4 Å². The Morgan fingerprint density at radius 2 is 1.83 bits per heavy atom. The number of hydrogen-bond donors (Lipinski definition) is 2. The SMILES string of the molecule is COc1cccc(C2=NC3(CCN(S(=O)(=O)/C=C/c4c(C)cc(NC(C)=O)cc4C)CC3)C(=O)N2)c1. The highest BCUT2D eigenvalue weighted by Gasteiger charge is 2.47. The van der Waals surface area contributed by atoms with E-state index >= 15 is 0 Å². The van der Waals surface area contributed by atoms with E-state index in [0.717, 1.165) is 22.3 Å². The number of benzene rings is 2. The molecular weight excluding hydrogens is 480 g/mol. The van der Waals surface area contributed by atoms with Crippen molar-refractivity contribution < 1.29 is 22.7 Å². The van der Waals surface area contributed by atoms with E-state index in [9.17, 15) is 18.0 Å². The van der Waals surface area contributed by atoms with Gasteiger partial charge in [-0.1, -0.05) is 12.1 Å². The minimum absolute atomic E-state index is 0.168. The van der Waals surface area contributed by atoms with Crippen LogP contribution in [0.2, 0.25) is 0 Å². The number of ether oxygens (including phenoxy) is 1. The van der Waals surface area contributed by atoms with E-state index in [1.54, 1.807) is 19.3 Å². The van der Waals surface area contributed by atoms with Crippen molar-refractivity contribution in [1.82, 2.24) is 9.62 Å². The first-order valence-corrected chi connectivity index (χ1v) is 13.2. The number of piperidine rings is 1. The number of amides is 2. The molecule has 10 heteroatoms. The first kappa shape index (κ1) is 25.6. The minimum atomic E-state index is -3.70. The predicted molar refractivity (Wildman–Crippen MR) is 139 cm³/mol. The monoisotopic (exact) mass is 510 g/mol. The van der Waals surface area contributed by atoms with Crippen LogP contribution in [-0.4, -0.2) is 56.1 Å². The third-order valence-electron chi connectivity index (χ3n) is 6.55. The van der Waals surface area contributed by atoms with Crippen LogP contribution in [0.3, 0.4) is 0 Å². The highest BCUT2D eigenvalue weighted by molar-refractivity contribution is 7.92. The molecular formula is C26H30N4O5S. The van der Waals surface area contributed by atoms with Gasteiger partial charge in [0.1, 0.15) is 17.1 Å². The van der Waals surface area contributed by atoms with Crippen LogP contribution in [0.4, 0.5) is 5.69 Å². The number of nitrogens with one attached hydrogen (secondary N) is 2. The number of carbonyl (C=O) groups is 2. The van der Waals surface area contributed by atoms with Crippen molar-refractivity contribution in [2.45, 2.75) is 39.2 Å². The van der Waals surface area contributed by atoms with E-state index in [0.29, 0.717) is 30.1 Å². The summed E-state index contributed by atoms with van der Waals surface area (Å²) >= 11 is 0. The summed E-state index contributed by atoms with van der Waals surface area (Å²) in [7, 11) is -2.12. The average molecular weight is 511 g/mol. The van der Waals surface area contributed by atoms with Crippen LogP contribution in [0.25, 0.3) is 6.08 Å². The molecule has 2 N–H and O–H groups in total. The van der Waals surface area contributed by atoms with Crippen molar-refractivity contribution in [2.24, 2.45) is 4.99 Å². The average Bonchev–Trinajstić information content (AvgIpc) is 3.14. The van der Waals surface area contributed by atoms with Crippen molar-refractivity contribution in [3.63, 3.8) is 0 Å². The van der Waals surface area contributed by atoms with Gasteiger partial charge in [0, 0.05) is 36.7 Å². The zero-order chi connectivity index (χ0) is 26.1. The number of sulfonamides is 1. The summed E-state index contributed by atoms with van der Waals surface area (Å²) in [4.78, 5) is 28.9. The van der Waals surface area contributed by atoms with Crippen molar-refractivity contribution in [1.29, 1.82) is 0 Å². The van der Waals surface area contributed by atoms with Gasteiger partial charge >= 0.3 is 0 Å². The summed E-state index contributed by atoms with van der Waals surface area (Å²) in [5.41, 5.74) is 2.93. The summed E-state index contributed by atoms with van der Waals surface area (Å²) in [6.45, 7) is 5.55. The van der Waals surface area contributed by atoms with Gasteiger partial charge in [-0.05, 0) is 73.7 Å². The van der Waals surface area contributed by atoms with Crippen LogP contribution in [0.1, 0.15) is 42.0 Å². The molecule has 1 fully saturated rings. The van der Waals surface area contributed by atoms with E-state index in [4.69, 9.17) is 9.73 Å². The molecule has 1 saturated heterocycles. The molecule has 0 radical (unpaired) electrons. The fraction of sp³-hybridized carbons (Fsp3) is 0.346. The fourth-order valence-corrected chi connectivity index (χ4v) is 5.80. The Hall–Kier alpha value is -3.50. The Morgan fingerprint density at radius 3 is 2.44 bits per heavy atom.